The van der Waals surface area contributed by atoms with Crippen molar-refractivity contribution >= 4 is 13.3 Å². The van der Waals surface area contributed by atoms with E-state index in [0.29, 0.717) is 0 Å². The van der Waals surface area contributed by atoms with E-state index in [1.54, 1.807) is 10.4 Å². The fraction of sp³-hybridized carbons (Fsp3) is 0.300. The molecule has 1 aliphatic carbocycles. The van der Waals surface area contributed by atoms with E-state index >= 15 is 0 Å². The molecule has 0 saturated heterocycles. The highest BCUT2D eigenvalue weighted by molar-refractivity contribution is 6.95. The Morgan fingerprint density at radius 2 is 1.48 bits per heavy atom. The summed E-state index contributed by atoms with van der Waals surface area (Å²) in [4.78, 5) is 0. The number of benzene rings is 2. The van der Waals surface area contributed by atoms with Gasteiger partial charge in [-0.15, -0.1) is 0 Å². The molecule has 0 saturated carbocycles. The van der Waals surface area contributed by atoms with Gasteiger partial charge in [-0.1, -0.05) is 90.2 Å². The molecule has 1 aliphatic rings. The Morgan fingerprint density at radius 1 is 0.857 bits per heavy atom. The van der Waals surface area contributed by atoms with Gasteiger partial charge in [0.2, 0.25) is 0 Å². The van der Waals surface area contributed by atoms with E-state index in [4.69, 9.17) is 0 Å². The molecule has 1 heteroatoms. The highest BCUT2D eigenvalue weighted by Gasteiger charge is 2.30. The molecule has 0 radical (unpaired) electrons. The van der Waals surface area contributed by atoms with E-state index < -0.39 is 8.07 Å². The molecule has 21 heavy (non-hydrogen) atoms. The normalized spacial score (nSPS) is 19.1. The maximum absolute atomic E-state index is 2.56. The zero-order chi connectivity index (χ0) is 14.7. The van der Waals surface area contributed by atoms with Gasteiger partial charge in [-0.25, -0.2) is 0 Å². The van der Waals surface area contributed by atoms with Gasteiger partial charge in [0.15, 0.2) is 0 Å². The molecule has 0 amide bonds. The molecular formula is C20H24Si. The summed E-state index contributed by atoms with van der Waals surface area (Å²) in [5.41, 5.74) is 1.51. The molecule has 0 aliphatic heterocycles. The van der Waals surface area contributed by atoms with Gasteiger partial charge in [0.05, 0.1) is 0 Å². The second-order valence-electron chi connectivity index (χ2n) is 6.60. The second kappa shape index (κ2) is 6.03. The lowest BCUT2D eigenvalue weighted by molar-refractivity contribution is 0.609. The van der Waals surface area contributed by atoms with Crippen LogP contribution >= 0.6 is 0 Å². The van der Waals surface area contributed by atoms with Crippen LogP contribution in [0.5, 0.6) is 0 Å². The Kier molecular flexibility index (Phi) is 4.11. The lowest BCUT2D eigenvalue weighted by Gasteiger charge is -2.32. The maximum atomic E-state index is 2.56. The third-order valence-corrected chi connectivity index (χ3v) is 8.82. The van der Waals surface area contributed by atoms with Crippen molar-refractivity contribution in [3.8, 4) is 0 Å². The fourth-order valence-corrected chi connectivity index (χ4v) is 6.26. The molecule has 2 aromatic carbocycles. The van der Waals surface area contributed by atoms with Crippen LogP contribution in [0.15, 0.2) is 71.9 Å². The average Bonchev–Trinajstić information content (AvgIpc) is 2.57. The minimum Gasteiger partial charge on any atom is -0.0882 e. The molecule has 0 heterocycles. The van der Waals surface area contributed by atoms with Gasteiger partial charge < -0.3 is 0 Å². The topological polar surface area (TPSA) is 0 Å². The number of hydrogen-bond acceptors (Lipinski definition) is 0. The van der Waals surface area contributed by atoms with Crippen LogP contribution in [0.25, 0.3) is 0 Å². The summed E-state index contributed by atoms with van der Waals surface area (Å²) >= 11 is 0. The van der Waals surface area contributed by atoms with Crippen molar-refractivity contribution in [3.05, 3.63) is 77.5 Å². The molecule has 108 valence electrons. The van der Waals surface area contributed by atoms with Crippen LogP contribution in [0.4, 0.5) is 0 Å². The third-order valence-electron chi connectivity index (χ3n) is 4.98. The van der Waals surface area contributed by atoms with Crippen molar-refractivity contribution in [2.75, 3.05) is 0 Å². The first-order chi connectivity index (χ1) is 10.2. The Bertz CT molecular complexity index is 611. The van der Waals surface area contributed by atoms with E-state index in [1.165, 1.54) is 24.8 Å². The van der Waals surface area contributed by atoms with Gasteiger partial charge in [-0.3, -0.25) is 0 Å². The van der Waals surface area contributed by atoms with Crippen molar-refractivity contribution in [2.45, 2.75) is 38.3 Å². The fourth-order valence-electron chi connectivity index (χ4n) is 3.47. The monoisotopic (exact) mass is 292 g/mol. The van der Waals surface area contributed by atoms with Gasteiger partial charge in [-0.2, -0.15) is 0 Å². The molecule has 2 aromatic rings. The number of hydrogen-bond donors (Lipinski definition) is 0. The van der Waals surface area contributed by atoms with E-state index in [9.17, 15) is 0 Å². The molecular weight excluding hydrogens is 268 g/mol. The van der Waals surface area contributed by atoms with Crippen LogP contribution in [0.3, 0.4) is 0 Å². The lowest BCUT2D eigenvalue weighted by atomic mass is 9.88. The first-order valence-corrected chi connectivity index (χ1v) is 11.0. The van der Waals surface area contributed by atoms with Crippen molar-refractivity contribution in [3.63, 3.8) is 0 Å². The number of allylic oxidation sites excluding steroid dienone is 2. The standard InChI is InChI=1S/C20H24Si/c1-21(2,19-11-7-4-8-12-19)20-15-13-18(14-16-20)17-9-5-3-6-10-17/h3-12,15,18H,13-14,16H2,1-2H3. The molecule has 1 unspecified atom stereocenters. The zero-order valence-corrected chi connectivity index (χ0v) is 14.0. The van der Waals surface area contributed by atoms with E-state index in [1.807, 2.05) is 0 Å². The van der Waals surface area contributed by atoms with Crippen molar-refractivity contribution < 1.29 is 0 Å². The van der Waals surface area contributed by atoms with E-state index in [0.717, 1.165) is 5.92 Å². The summed E-state index contributed by atoms with van der Waals surface area (Å²) in [6.07, 6.45) is 6.34. The van der Waals surface area contributed by atoms with Crippen LogP contribution in [0.1, 0.15) is 30.7 Å². The summed E-state index contributed by atoms with van der Waals surface area (Å²) in [5, 5.41) is 3.30. The summed E-state index contributed by atoms with van der Waals surface area (Å²) in [6, 6.07) is 22.1. The quantitative estimate of drug-likeness (QED) is 0.696. The highest BCUT2D eigenvalue weighted by Crippen LogP contribution is 2.35. The average molecular weight is 292 g/mol. The van der Waals surface area contributed by atoms with Crippen molar-refractivity contribution in [1.29, 1.82) is 0 Å². The first-order valence-electron chi connectivity index (χ1n) is 7.98. The molecule has 0 aromatic heterocycles. The predicted octanol–water partition coefficient (Wildman–Crippen LogP) is 5.04. The Hall–Kier alpha value is -1.60. The van der Waals surface area contributed by atoms with E-state index in [2.05, 4.69) is 79.8 Å². The number of rotatable bonds is 3. The molecule has 0 fully saturated rings. The van der Waals surface area contributed by atoms with Gasteiger partial charge >= 0.3 is 0 Å². The van der Waals surface area contributed by atoms with Crippen LogP contribution in [0.2, 0.25) is 13.1 Å². The van der Waals surface area contributed by atoms with Crippen molar-refractivity contribution in [2.24, 2.45) is 0 Å². The largest absolute Gasteiger partial charge is 0.107 e. The Morgan fingerprint density at radius 3 is 2.05 bits per heavy atom. The summed E-state index contributed by atoms with van der Waals surface area (Å²) in [6.45, 7) is 4.99. The van der Waals surface area contributed by atoms with Gasteiger partial charge in [0.25, 0.3) is 0 Å². The first kappa shape index (κ1) is 14.3. The van der Waals surface area contributed by atoms with E-state index in [-0.39, 0.29) is 0 Å². The summed E-state index contributed by atoms with van der Waals surface area (Å²) < 4.78 is 0. The predicted molar refractivity (Wildman–Crippen MR) is 94.7 cm³/mol. The van der Waals surface area contributed by atoms with Crippen molar-refractivity contribution in [1.82, 2.24) is 0 Å². The Labute approximate surface area is 129 Å². The minimum atomic E-state index is -1.45. The molecule has 0 N–H and O–H groups in total. The Balaban J connectivity index is 1.79. The summed E-state index contributed by atoms with van der Waals surface area (Å²) in [5.74, 6) is 0.718. The minimum absolute atomic E-state index is 0.718. The molecule has 0 spiro atoms. The van der Waals surface area contributed by atoms with Crippen LogP contribution in [0, 0.1) is 0 Å². The van der Waals surface area contributed by atoms with Gasteiger partial charge in [0, 0.05) is 0 Å². The third kappa shape index (κ3) is 3.03. The van der Waals surface area contributed by atoms with Crippen LogP contribution < -0.4 is 5.19 Å². The highest BCUT2D eigenvalue weighted by atomic mass is 28.3. The summed E-state index contributed by atoms with van der Waals surface area (Å²) in [7, 11) is -1.45. The molecule has 1 atom stereocenters. The molecule has 0 bridgehead atoms. The second-order valence-corrected chi connectivity index (χ2v) is 11.1. The molecule has 3 rings (SSSR count). The van der Waals surface area contributed by atoms with Gasteiger partial charge in [-0.05, 0) is 30.7 Å². The van der Waals surface area contributed by atoms with Crippen LogP contribution in [-0.2, 0) is 0 Å². The maximum Gasteiger partial charge on any atom is 0.107 e. The van der Waals surface area contributed by atoms with Crippen LogP contribution in [-0.4, -0.2) is 8.07 Å². The zero-order valence-electron chi connectivity index (χ0n) is 13.0. The van der Waals surface area contributed by atoms with Gasteiger partial charge in [0.1, 0.15) is 8.07 Å². The lowest BCUT2D eigenvalue weighted by Crippen LogP contribution is -2.44. The molecule has 0 nitrogen and oxygen atoms in total. The smallest absolute Gasteiger partial charge is 0.0882 e. The SMILES string of the molecule is C[Si](C)(C1=CCC(c2ccccc2)CC1)c1ccccc1.